The zero-order valence-corrected chi connectivity index (χ0v) is 12.3. The maximum absolute atomic E-state index is 12.1. The van der Waals surface area contributed by atoms with E-state index in [4.69, 9.17) is 4.74 Å². The molecule has 1 aliphatic heterocycles. The van der Waals surface area contributed by atoms with Gasteiger partial charge in [-0.15, -0.1) is 0 Å². The number of rotatable bonds is 4. The smallest absolute Gasteiger partial charge is 0.251 e. The Morgan fingerprint density at radius 3 is 3.00 bits per heavy atom. The Morgan fingerprint density at radius 1 is 1.50 bits per heavy atom. The van der Waals surface area contributed by atoms with Gasteiger partial charge in [0.2, 0.25) is 0 Å². The van der Waals surface area contributed by atoms with Crippen LogP contribution in [0.5, 0.6) is 5.75 Å². The van der Waals surface area contributed by atoms with Crippen LogP contribution in [0.3, 0.4) is 0 Å². The number of benzene rings is 1. The van der Waals surface area contributed by atoms with Crippen molar-refractivity contribution in [2.45, 2.75) is 37.6 Å². The molecule has 2 atom stereocenters. The molecule has 1 aromatic carbocycles. The van der Waals surface area contributed by atoms with Gasteiger partial charge in [-0.1, -0.05) is 22.9 Å². The molecule has 1 N–H and O–H groups in total. The molecule has 18 heavy (non-hydrogen) atoms. The predicted octanol–water partition coefficient (Wildman–Crippen LogP) is 2.91. The number of carbonyl (C=O) groups is 1. The van der Waals surface area contributed by atoms with E-state index in [0.29, 0.717) is 10.4 Å². The Morgan fingerprint density at radius 2 is 2.28 bits per heavy atom. The van der Waals surface area contributed by atoms with Crippen LogP contribution >= 0.6 is 15.9 Å². The average molecular weight is 312 g/mol. The fourth-order valence-electron chi connectivity index (χ4n) is 2.18. The van der Waals surface area contributed by atoms with Gasteiger partial charge in [-0.05, 0) is 37.1 Å². The molecular formula is C14H18BrNO2. The lowest BCUT2D eigenvalue weighted by atomic mass is 10.1. The predicted molar refractivity (Wildman–Crippen MR) is 75.6 cm³/mol. The van der Waals surface area contributed by atoms with Crippen LogP contribution in [-0.2, 0) is 6.42 Å². The molecule has 3 nitrogen and oxygen atoms in total. The van der Waals surface area contributed by atoms with Crippen molar-refractivity contribution in [2.75, 3.05) is 6.61 Å². The lowest BCUT2D eigenvalue weighted by Gasteiger charge is -2.15. The van der Waals surface area contributed by atoms with Crippen LogP contribution in [0.25, 0.3) is 0 Å². The van der Waals surface area contributed by atoms with Crippen LogP contribution in [0.2, 0.25) is 0 Å². The van der Waals surface area contributed by atoms with Crippen LogP contribution in [0.1, 0.15) is 36.2 Å². The Kier molecular flexibility index (Phi) is 4.27. The summed E-state index contributed by atoms with van der Waals surface area (Å²) in [4.78, 5) is 12.5. The second-order valence-electron chi connectivity index (χ2n) is 4.81. The minimum atomic E-state index is -0.00894. The number of hydrogen-bond donors (Lipinski definition) is 1. The SMILES string of the molecule is CC(Br)CC(C)NC(=O)c1ccc2c(c1)CCO2. The molecule has 0 aromatic heterocycles. The fraction of sp³-hybridized carbons (Fsp3) is 0.500. The van der Waals surface area contributed by atoms with E-state index < -0.39 is 0 Å². The second-order valence-corrected chi connectivity index (χ2v) is 6.38. The molecule has 1 aliphatic rings. The first-order valence-corrected chi connectivity index (χ1v) is 7.18. The van der Waals surface area contributed by atoms with Gasteiger partial charge in [0.1, 0.15) is 5.75 Å². The number of fused-ring (bicyclic) bond motifs is 1. The highest BCUT2D eigenvalue weighted by atomic mass is 79.9. The molecule has 98 valence electrons. The van der Waals surface area contributed by atoms with E-state index in [1.54, 1.807) is 0 Å². The summed E-state index contributed by atoms with van der Waals surface area (Å²) in [7, 11) is 0. The van der Waals surface area contributed by atoms with E-state index in [1.807, 2.05) is 25.1 Å². The highest BCUT2D eigenvalue weighted by molar-refractivity contribution is 9.09. The number of nitrogens with one attached hydrogen (secondary N) is 1. The fourth-order valence-corrected chi connectivity index (χ4v) is 2.74. The maximum Gasteiger partial charge on any atom is 0.251 e. The summed E-state index contributed by atoms with van der Waals surface area (Å²) < 4.78 is 5.43. The van der Waals surface area contributed by atoms with Gasteiger partial charge < -0.3 is 10.1 Å². The molecule has 1 aromatic rings. The number of amides is 1. The summed E-state index contributed by atoms with van der Waals surface area (Å²) in [5.74, 6) is 0.902. The van der Waals surface area contributed by atoms with Crippen molar-refractivity contribution in [3.8, 4) is 5.75 Å². The van der Waals surface area contributed by atoms with Gasteiger partial charge in [0.05, 0.1) is 6.61 Å². The van der Waals surface area contributed by atoms with Crippen LogP contribution in [-0.4, -0.2) is 23.4 Å². The molecule has 0 bridgehead atoms. The molecule has 1 heterocycles. The Labute approximate surface area is 116 Å². The third kappa shape index (κ3) is 3.25. The molecule has 0 saturated carbocycles. The van der Waals surface area contributed by atoms with Gasteiger partial charge >= 0.3 is 0 Å². The molecule has 4 heteroatoms. The maximum atomic E-state index is 12.1. The van der Waals surface area contributed by atoms with Crippen LogP contribution in [0.4, 0.5) is 0 Å². The summed E-state index contributed by atoms with van der Waals surface area (Å²) in [6, 6.07) is 5.80. The Bertz CT molecular complexity index is 445. The topological polar surface area (TPSA) is 38.3 Å². The lowest BCUT2D eigenvalue weighted by Crippen LogP contribution is -2.33. The summed E-state index contributed by atoms with van der Waals surface area (Å²) in [5, 5.41) is 3.01. The first-order chi connectivity index (χ1) is 8.56. The normalized spacial score (nSPS) is 16.6. The van der Waals surface area contributed by atoms with E-state index in [2.05, 4.69) is 28.2 Å². The second kappa shape index (κ2) is 5.74. The zero-order valence-electron chi connectivity index (χ0n) is 10.7. The van der Waals surface area contributed by atoms with E-state index in [-0.39, 0.29) is 11.9 Å². The zero-order chi connectivity index (χ0) is 13.1. The minimum absolute atomic E-state index is 0.00894. The number of carbonyl (C=O) groups excluding carboxylic acids is 1. The highest BCUT2D eigenvalue weighted by Crippen LogP contribution is 2.25. The first kappa shape index (κ1) is 13.4. The van der Waals surface area contributed by atoms with E-state index in [1.165, 1.54) is 0 Å². The number of halogens is 1. The van der Waals surface area contributed by atoms with Crippen molar-refractivity contribution in [1.29, 1.82) is 0 Å². The van der Waals surface area contributed by atoms with Crippen molar-refractivity contribution < 1.29 is 9.53 Å². The largest absolute Gasteiger partial charge is 0.493 e. The summed E-state index contributed by atoms with van der Waals surface area (Å²) in [5.41, 5.74) is 1.84. The van der Waals surface area contributed by atoms with Gasteiger partial charge in [0, 0.05) is 22.9 Å². The molecule has 0 radical (unpaired) electrons. The van der Waals surface area contributed by atoms with Crippen LogP contribution in [0, 0.1) is 0 Å². The number of alkyl halides is 1. The van der Waals surface area contributed by atoms with Gasteiger partial charge in [-0.2, -0.15) is 0 Å². The molecule has 2 unspecified atom stereocenters. The van der Waals surface area contributed by atoms with Crippen molar-refractivity contribution in [3.63, 3.8) is 0 Å². The van der Waals surface area contributed by atoms with Gasteiger partial charge in [-0.3, -0.25) is 4.79 Å². The average Bonchev–Trinajstić information content (AvgIpc) is 2.74. The van der Waals surface area contributed by atoms with E-state index in [0.717, 1.165) is 30.8 Å². The molecule has 0 spiro atoms. The monoisotopic (exact) mass is 311 g/mol. The molecular weight excluding hydrogens is 294 g/mol. The number of hydrogen-bond acceptors (Lipinski definition) is 2. The Balaban J connectivity index is 2.01. The van der Waals surface area contributed by atoms with Crippen molar-refractivity contribution >= 4 is 21.8 Å². The van der Waals surface area contributed by atoms with Crippen LogP contribution < -0.4 is 10.1 Å². The first-order valence-electron chi connectivity index (χ1n) is 6.27. The third-order valence-electron chi connectivity index (χ3n) is 3.01. The van der Waals surface area contributed by atoms with Gasteiger partial charge in [-0.25, -0.2) is 0 Å². The third-order valence-corrected chi connectivity index (χ3v) is 3.38. The van der Waals surface area contributed by atoms with Crippen molar-refractivity contribution in [2.24, 2.45) is 0 Å². The molecule has 0 aliphatic carbocycles. The minimum Gasteiger partial charge on any atom is -0.493 e. The van der Waals surface area contributed by atoms with Crippen LogP contribution in [0.15, 0.2) is 18.2 Å². The van der Waals surface area contributed by atoms with Crippen molar-refractivity contribution in [1.82, 2.24) is 5.32 Å². The van der Waals surface area contributed by atoms with Gasteiger partial charge in [0.25, 0.3) is 5.91 Å². The van der Waals surface area contributed by atoms with E-state index >= 15 is 0 Å². The Hall–Kier alpha value is -1.03. The molecule has 2 rings (SSSR count). The molecule has 0 saturated heterocycles. The molecule has 0 fully saturated rings. The standard InChI is InChI=1S/C14H18BrNO2/c1-9(15)7-10(2)16-14(17)12-3-4-13-11(8-12)5-6-18-13/h3-4,8-10H,5-7H2,1-2H3,(H,16,17). The van der Waals surface area contributed by atoms with Gasteiger partial charge in [0.15, 0.2) is 0 Å². The summed E-state index contributed by atoms with van der Waals surface area (Å²) >= 11 is 3.49. The van der Waals surface area contributed by atoms with Crippen molar-refractivity contribution in [3.05, 3.63) is 29.3 Å². The number of ether oxygens (including phenoxy) is 1. The summed E-state index contributed by atoms with van der Waals surface area (Å²) in [6.07, 6.45) is 1.81. The quantitative estimate of drug-likeness (QED) is 0.868. The highest BCUT2D eigenvalue weighted by Gasteiger charge is 2.16. The summed E-state index contributed by atoms with van der Waals surface area (Å²) in [6.45, 7) is 4.82. The van der Waals surface area contributed by atoms with E-state index in [9.17, 15) is 4.79 Å². The molecule has 1 amide bonds. The lowest BCUT2D eigenvalue weighted by molar-refractivity contribution is 0.0938.